The molecule has 0 radical (unpaired) electrons. The Labute approximate surface area is 209 Å². The van der Waals surface area contributed by atoms with Gasteiger partial charge in [0.05, 0.1) is 0 Å². The predicted molar refractivity (Wildman–Crippen MR) is 134 cm³/mol. The maximum absolute atomic E-state index is 13.0. The first-order valence-corrected chi connectivity index (χ1v) is 15.6. The van der Waals surface area contributed by atoms with Gasteiger partial charge in [0.15, 0.2) is 0 Å². The Bertz CT molecular complexity index is 816. The van der Waals surface area contributed by atoms with E-state index in [4.69, 9.17) is 5.73 Å². The molecule has 1 aromatic carbocycles. The van der Waals surface area contributed by atoms with E-state index < -0.39 is 46.3 Å². The molecule has 0 aliphatic heterocycles. The predicted octanol–water partition coefficient (Wildman–Crippen LogP) is 2.22. The first-order valence-electron chi connectivity index (χ1n) is 12.0. The maximum atomic E-state index is 13.0. The van der Waals surface area contributed by atoms with Gasteiger partial charge in [-0.15, -0.1) is 0 Å². The van der Waals surface area contributed by atoms with Gasteiger partial charge < -0.3 is 0 Å². The number of phenolic OH excluding ortho intramolecular Hbond substituents is 1. The number of nitrogens with two attached hydrogens (primary N) is 1. The zero-order chi connectivity index (χ0) is 25.3. The molecule has 0 heterocycles. The second kappa shape index (κ2) is 14.3. The molecule has 10 heteroatoms. The van der Waals surface area contributed by atoms with E-state index in [9.17, 15) is 29.3 Å². The second-order valence-corrected chi connectivity index (χ2v) is 14.0. The Kier molecular flexibility index (Phi) is 12.2. The van der Waals surface area contributed by atoms with E-state index in [-0.39, 0.29) is 41.0 Å². The minimum atomic E-state index is -2.41. The van der Waals surface area contributed by atoms with Crippen LogP contribution in [0.5, 0.6) is 5.75 Å². The van der Waals surface area contributed by atoms with E-state index in [1.807, 2.05) is 13.8 Å². The van der Waals surface area contributed by atoms with Crippen molar-refractivity contribution < 1.29 is 29.3 Å². The molecule has 6 atom stereocenters. The normalized spacial score (nSPS) is 19.1. The van der Waals surface area contributed by atoms with E-state index in [2.05, 4.69) is 5.32 Å². The fourth-order valence-electron chi connectivity index (χ4n) is 4.33. The van der Waals surface area contributed by atoms with Crippen LogP contribution < -0.4 is 11.1 Å². The molecule has 0 bridgehead atoms. The van der Waals surface area contributed by atoms with E-state index in [0.29, 0.717) is 6.42 Å². The first kappa shape index (κ1) is 28.9. The number of hydrogen-bond donors (Lipinski definition) is 5. The van der Waals surface area contributed by atoms with Gasteiger partial charge in [0.1, 0.15) is 0 Å². The molecule has 2 rings (SSSR count). The third-order valence-electron chi connectivity index (χ3n) is 6.53. The van der Waals surface area contributed by atoms with Crippen molar-refractivity contribution in [3.8, 4) is 5.75 Å². The number of carbonyl (C=O) groups excluding carboxylic acids is 2. The van der Waals surface area contributed by atoms with Crippen molar-refractivity contribution in [2.45, 2.75) is 81.3 Å². The quantitative estimate of drug-likeness (QED) is 0.184. The molecule has 8 nitrogen and oxygen atoms in total. The van der Waals surface area contributed by atoms with Crippen molar-refractivity contribution >= 4 is 34.3 Å². The summed E-state index contributed by atoms with van der Waals surface area (Å²) in [6.07, 6.45) is 4.55. The van der Waals surface area contributed by atoms with Crippen molar-refractivity contribution in [2.24, 2.45) is 17.6 Å². The monoisotopic (exact) mass is 557 g/mol. The van der Waals surface area contributed by atoms with Crippen molar-refractivity contribution in [3.63, 3.8) is 0 Å². The number of hydrogen-bond acceptors (Lipinski definition) is 6. The van der Waals surface area contributed by atoms with Crippen LogP contribution in [-0.4, -0.2) is 65.7 Å². The SMILES string of the molecule is CC(C)[C@H](N)C(=O)[AsH][C@@H](Cc1ccc(O)cc1)C(=O)NC[C@H](O)CC(C1CCCCC1)[P+](=O)O. The van der Waals surface area contributed by atoms with Crippen LogP contribution in [0.25, 0.3) is 0 Å². The van der Waals surface area contributed by atoms with Crippen LogP contribution in [0.15, 0.2) is 24.3 Å². The van der Waals surface area contributed by atoms with Gasteiger partial charge in [-0.05, 0) is 0 Å². The number of amides is 1. The zero-order valence-electron chi connectivity index (χ0n) is 20.0. The Morgan fingerprint density at radius 1 is 1.18 bits per heavy atom. The van der Waals surface area contributed by atoms with Gasteiger partial charge in [-0.2, -0.15) is 0 Å². The number of phenols is 1. The summed E-state index contributed by atoms with van der Waals surface area (Å²) in [4.78, 5) is 35.5. The second-order valence-electron chi connectivity index (χ2n) is 9.60. The molecule has 0 spiro atoms. The van der Waals surface area contributed by atoms with E-state index in [0.717, 1.165) is 37.7 Å². The Balaban J connectivity index is 2.00. The molecule has 1 amide bonds. The summed E-state index contributed by atoms with van der Waals surface area (Å²) in [6, 6.07) is 5.90. The molecule has 1 aliphatic carbocycles. The van der Waals surface area contributed by atoms with E-state index in [1.165, 1.54) is 12.1 Å². The number of benzene rings is 1. The number of rotatable bonds is 13. The molecule has 6 N–H and O–H groups in total. The summed E-state index contributed by atoms with van der Waals surface area (Å²) in [5, 5.41) is 22.8. The number of aliphatic hydroxyl groups is 1. The fraction of sp³-hybridized carbons (Fsp3) is 0.667. The molecular formula is C24H39AsN2O6P+. The van der Waals surface area contributed by atoms with Gasteiger partial charge in [0.2, 0.25) is 0 Å². The summed E-state index contributed by atoms with van der Waals surface area (Å²) in [5.41, 5.74) is 6.37. The van der Waals surface area contributed by atoms with Crippen molar-refractivity contribution in [2.75, 3.05) is 6.54 Å². The molecule has 1 aromatic rings. The van der Waals surface area contributed by atoms with Gasteiger partial charge in [-0.3, -0.25) is 0 Å². The fourth-order valence-corrected chi connectivity index (χ4v) is 8.44. The molecule has 3 unspecified atom stereocenters. The molecule has 1 aliphatic rings. The Morgan fingerprint density at radius 2 is 1.79 bits per heavy atom. The van der Waals surface area contributed by atoms with Crippen molar-refractivity contribution in [3.05, 3.63) is 29.8 Å². The van der Waals surface area contributed by atoms with Crippen LogP contribution in [0.2, 0.25) is 4.71 Å². The molecule has 190 valence electrons. The summed E-state index contributed by atoms with van der Waals surface area (Å²) >= 11 is -1.39. The zero-order valence-corrected chi connectivity index (χ0v) is 23.0. The first-order chi connectivity index (χ1) is 16.1. The van der Waals surface area contributed by atoms with Crippen molar-refractivity contribution in [1.82, 2.24) is 5.32 Å². The van der Waals surface area contributed by atoms with Gasteiger partial charge >= 0.3 is 210 Å². The standard InChI is InChI=1S/C24H38AsN2O6P/c1-15(2)22(26)23(30)25-20(12-16-8-10-18(28)11-9-16)24(31)27-14-19(29)13-21(34(32)33)17-6-4-3-5-7-17/h8-11,15,17,19-22,25,29H,3-7,12-14,26H2,1-2H3,(H2-,27,28,31,32,33)/p+1/t19-,20+,21?,22+/m1/s1. The molecule has 0 aromatic heterocycles. The van der Waals surface area contributed by atoms with E-state index >= 15 is 0 Å². The van der Waals surface area contributed by atoms with Gasteiger partial charge in [0, 0.05) is 0 Å². The topological polar surface area (TPSA) is 150 Å². The Morgan fingerprint density at radius 3 is 2.35 bits per heavy atom. The van der Waals surface area contributed by atoms with Gasteiger partial charge in [-0.25, -0.2) is 0 Å². The molecular weight excluding hydrogens is 518 g/mol. The molecule has 34 heavy (non-hydrogen) atoms. The van der Waals surface area contributed by atoms with Crippen LogP contribution in [-0.2, 0) is 20.6 Å². The van der Waals surface area contributed by atoms with Crippen LogP contribution >= 0.6 is 8.03 Å². The minimum absolute atomic E-state index is 0.0207. The van der Waals surface area contributed by atoms with Crippen LogP contribution in [0.1, 0.15) is 57.9 Å². The molecule has 1 fully saturated rings. The summed E-state index contributed by atoms with van der Waals surface area (Å²) in [6.45, 7) is 3.71. The third kappa shape index (κ3) is 9.39. The summed E-state index contributed by atoms with van der Waals surface area (Å²) < 4.78 is 11.3. The number of nitrogens with one attached hydrogen (secondary N) is 1. The summed E-state index contributed by atoms with van der Waals surface area (Å²) in [7, 11) is -2.41. The van der Waals surface area contributed by atoms with Crippen LogP contribution in [0.3, 0.4) is 0 Å². The van der Waals surface area contributed by atoms with Crippen molar-refractivity contribution in [1.29, 1.82) is 0 Å². The average Bonchev–Trinajstić information content (AvgIpc) is 2.81. The van der Waals surface area contributed by atoms with Crippen LogP contribution in [0, 0.1) is 11.8 Å². The third-order valence-corrected chi connectivity index (χ3v) is 10.7. The summed E-state index contributed by atoms with van der Waals surface area (Å²) in [5.74, 6) is -0.0972. The average molecular weight is 557 g/mol. The van der Waals surface area contributed by atoms with Crippen LogP contribution in [0.4, 0.5) is 0 Å². The number of carbonyl (C=O) groups is 2. The molecule has 0 saturated heterocycles. The Hall–Kier alpha value is -1.30. The number of aromatic hydroxyl groups is 1. The van der Waals surface area contributed by atoms with E-state index in [1.54, 1.807) is 12.1 Å². The number of aliphatic hydroxyl groups excluding tert-OH is 1. The van der Waals surface area contributed by atoms with Gasteiger partial charge in [0.25, 0.3) is 0 Å². The molecule has 1 saturated carbocycles. The van der Waals surface area contributed by atoms with Gasteiger partial charge in [-0.1, -0.05) is 0 Å².